The zero-order valence-electron chi connectivity index (χ0n) is 8.81. The van der Waals surface area contributed by atoms with Gasteiger partial charge in [-0.25, -0.2) is 4.39 Å². The number of nitrogens with one attached hydrogen (secondary N) is 1. The maximum Gasteiger partial charge on any atom is 0.405 e. The molecule has 0 saturated heterocycles. The van der Waals surface area contributed by atoms with Gasteiger partial charge in [-0.15, -0.1) is 0 Å². The Morgan fingerprint density at radius 2 is 2.06 bits per heavy atom. The van der Waals surface area contributed by atoms with Crippen molar-refractivity contribution < 1.29 is 22.4 Å². The molecule has 0 atom stereocenters. The van der Waals surface area contributed by atoms with Crippen molar-refractivity contribution in [3.05, 3.63) is 23.0 Å². The normalized spacial score (nSPS) is 15.4. The van der Waals surface area contributed by atoms with Crippen LogP contribution in [-0.4, -0.2) is 25.2 Å². The minimum Gasteiger partial charge on any atom is -0.351 e. The van der Waals surface area contributed by atoms with E-state index >= 15 is 0 Å². The van der Waals surface area contributed by atoms with Gasteiger partial charge in [0.05, 0.1) is 22.9 Å². The molecule has 1 aromatic rings. The largest absolute Gasteiger partial charge is 0.405 e. The van der Waals surface area contributed by atoms with Crippen LogP contribution < -0.4 is 10.2 Å². The molecular formula is C10H7ClF4N2O. The molecule has 1 aliphatic heterocycles. The first-order chi connectivity index (χ1) is 8.26. The minimum atomic E-state index is -4.46. The molecule has 0 unspecified atom stereocenters. The lowest BCUT2D eigenvalue weighted by Gasteiger charge is -2.31. The Balaban J connectivity index is 2.41. The van der Waals surface area contributed by atoms with E-state index < -0.39 is 31.0 Å². The Bertz CT molecular complexity index is 503. The Labute approximate surface area is 104 Å². The van der Waals surface area contributed by atoms with Crippen LogP contribution in [0.4, 0.5) is 28.9 Å². The molecule has 1 aliphatic rings. The Morgan fingerprint density at radius 3 is 2.67 bits per heavy atom. The number of nitrogens with zero attached hydrogens (tertiary/aromatic N) is 1. The first kappa shape index (κ1) is 12.9. The van der Waals surface area contributed by atoms with Gasteiger partial charge in [0.15, 0.2) is 0 Å². The molecule has 1 N–H and O–H groups in total. The summed E-state index contributed by atoms with van der Waals surface area (Å²) in [6.45, 7) is -1.75. The van der Waals surface area contributed by atoms with Crippen LogP contribution in [0.2, 0.25) is 5.02 Å². The number of hydrogen-bond donors (Lipinski definition) is 1. The summed E-state index contributed by atoms with van der Waals surface area (Å²) in [4.78, 5) is 12.0. The average Bonchev–Trinajstić information content (AvgIpc) is 2.18. The lowest BCUT2D eigenvalue weighted by atomic mass is 10.2. The van der Waals surface area contributed by atoms with E-state index in [4.69, 9.17) is 11.6 Å². The second-order valence-corrected chi connectivity index (χ2v) is 4.21. The quantitative estimate of drug-likeness (QED) is 0.803. The van der Waals surface area contributed by atoms with Crippen molar-refractivity contribution in [1.29, 1.82) is 0 Å². The first-order valence-electron chi connectivity index (χ1n) is 4.87. The zero-order chi connectivity index (χ0) is 13.5. The molecule has 0 bridgehead atoms. The lowest BCUT2D eigenvalue weighted by Crippen LogP contribution is -2.43. The smallest absolute Gasteiger partial charge is 0.351 e. The molecule has 98 valence electrons. The minimum absolute atomic E-state index is 0.0163. The predicted molar refractivity (Wildman–Crippen MR) is 58.3 cm³/mol. The summed E-state index contributed by atoms with van der Waals surface area (Å²) >= 11 is 5.52. The molecule has 0 saturated carbocycles. The van der Waals surface area contributed by atoms with Crippen LogP contribution in [-0.2, 0) is 4.79 Å². The van der Waals surface area contributed by atoms with Crippen molar-refractivity contribution >= 4 is 28.9 Å². The molecular weight excluding hydrogens is 276 g/mol. The van der Waals surface area contributed by atoms with Gasteiger partial charge < -0.3 is 10.2 Å². The van der Waals surface area contributed by atoms with E-state index in [2.05, 4.69) is 5.32 Å². The SMILES string of the molecule is O=C1CN(CC(F)(F)F)c2cc(Cl)c(F)cc2N1. The molecule has 0 radical (unpaired) electrons. The van der Waals surface area contributed by atoms with E-state index in [9.17, 15) is 22.4 Å². The van der Waals surface area contributed by atoms with E-state index in [0.29, 0.717) is 0 Å². The van der Waals surface area contributed by atoms with Crippen molar-refractivity contribution in [1.82, 2.24) is 0 Å². The van der Waals surface area contributed by atoms with E-state index in [0.717, 1.165) is 17.0 Å². The van der Waals surface area contributed by atoms with Crippen LogP contribution in [0.5, 0.6) is 0 Å². The van der Waals surface area contributed by atoms with Gasteiger partial charge in [-0.3, -0.25) is 4.79 Å². The van der Waals surface area contributed by atoms with E-state index in [1.165, 1.54) is 0 Å². The van der Waals surface area contributed by atoms with Crippen molar-refractivity contribution in [2.75, 3.05) is 23.3 Å². The van der Waals surface area contributed by atoms with Gasteiger partial charge in [0, 0.05) is 6.07 Å². The number of anilines is 2. The third-order valence-electron chi connectivity index (χ3n) is 2.36. The summed E-state index contributed by atoms with van der Waals surface area (Å²) in [6.07, 6.45) is -4.46. The fourth-order valence-electron chi connectivity index (χ4n) is 1.70. The fraction of sp³-hybridized carbons (Fsp3) is 0.300. The van der Waals surface area contributed by atoms with Gasteiger partial charge in [-0.1, -0.05) is 11.6 Å². The van der Waals surface area contributed by atoms with Crippen LogP contribution >= 0.6 is 11.6 Å². The molecule has 1 aromatic carbocycles. The number of amides is 1. The summed E-state index contributed by atoms with van der Waals surface area (Å²) in [5, 5.41) is 2.00. The van der Waals surface area contributed by atoms with Crippen molar-refractivity contribution in [3.8, 4) is 0 Å². The number of fused-ring (bicyclic) bond motifs is 1. The highest BCUT2D eigenvalue weighted by Crippen LogP contribution is 2.35. The average molecular weight is 283 g/mol. The number of rotatable bonds is 1. The molecule has 1 amide bonds. The summed E-state index contributed by atoms with van der Waals surface area (Å²) in [5.41, 5.74) is 0.0377. The number of hydrogen-bond acceptors (Lipinski definition) is 2. The third kappa shape index (κ3) is 2.66. The van der Waals surface area contributed by atoms with Crippen LogP contribution in [0.1, 0.15) is 0 Å². The Hall–Kier alpha value is -1.50. The monoisotopic (exact) mass is 282 g/mol. The molecule has 0 spiro atoms. The molecule has 0 aromatic heterocycles. The van der Waals surface area contributed by atoms with Crippen LogP contribution in [0.15, 0.2) is 12.1 Å². The lowest BCUT2D eigenvalue weighted by molar-refractivity contribution is -0.122. The van der Waals surface area contributed by atoms with Crippen LogP contribution in [0.25, 0.3) is 0 Å². The maximum atomic E-state index is 13.2. The van der Waals surface area contributed by atoms with Crippen LogP contribution in [0, 0.1) is 5.82 Å². The van der Waals surface area contributed by atoms with Crippen molar-refractivity contribution in [3.63, 3.8) is 0 Å². The number of carbonyl (C=O) groups excluding carboxylic acids is 1. The maximum absolute atomic E-state index is 13.2. The number of halogens is 5. The Kier molecular flexibility index (Phi) is 3.10. The molecule has 0 fully saturated rings. The van der Waals surface area contributed by atoms with Gasteiger partial charge in [0.25, 0.3) is 0 Å². The number of alkyl halides is 3. The number of carbonyl (C=O) groups is 1. The molecule has 1 heterocycles. The standard InChI is InChI=1S/C10H7ClF4N2O/c11-5-1-8-7(2-6(5)12)16-9(18)3-17(8)4-10(13,14)15/h1-2H,3-4H2,(H,16,18). The molecule has 2 rings (SSSR count). The highest BCUT2D eigenvalue weighted by atomic mass is 35.5. The second-order valence-electron chi connectivity index (χ2n) is 3.80. The van der Waals surface area contributed by atoms with Gasteiger partial charge in [0.1, 0.15) is 12.4 Å². The van der Waals surface area contributed by atoms with E-state index in [1.54, 1.807) is 0 Å². The molecule has 8 heteroatoms. The van der Waals surface area contributed by atoms with Crippen LogP contribution in [0.3, 0.4) is 0 Å². The topological polar surface area (TPSA) is 32.3 Å². The van der Waals surface area contributed by atoms with E-state index in [-0.39, 0.29) is 16.4 Å². The number of benzene rings is 1. The van der Waals surface area contributed by atoms with Crippen molar-refractivity contribution in [2.45, 2.75) is 6.18 Å². The highest BCUT2D eigenvalue weighted by Gasteiger charge is 2.34. The molecule has 3 nitrogen and oxygen atoms in total. The second kappa shape index (κ2) is 4.31. The summed E-state index contributed by atoms with van der Waals surface area (Å²) < 4.78 is 50.3. The van der Waals surface area contributed by atoms with Gasteiger partial charge in [-0.05, 0) is 6.07 Å². The third-order valence-corrected chi connectivity index (χ3v) is 2.65. The van der Waals surface area contributed by atoms with Gasteiger partial charge in [0.2, 0.25) is 5.91 Å². The summed E-state index contributed by atoms with van der Waals surface area (Å²) in [5.74, 6) is -1.43. The predicted octanol–water partition coefficient (Wildman–Crippen LogP) is 2.80. The van der Waals surface area contributed by atoms with E-state index in [1.807, 2.05) is 0 Å². The van der Waals surface area contributed by atoms with Gasteiger partial charge in [-0.2, -0.15) is 13.2 Å². The Morgan fingerprint density at radius 1 is 1.39 bits per heavy atom. The highest BCUT2D eigenvalue weighted by molar-refractivity contribution is 6.31. The molecule has 18 heavy (non-hydrogen) atoms. The fourth-order valence-corrected chi connectivity index (χ4v) is 1.86. The van der Waals surface area contributed by atoms with Gasteiger partial charge >= 0.3 is 6.18 Å². The van der Waals surface area contributed by atoms with Crippen molar-refractivity contribution in [2.24, 2.45) is 0 Å². The molecule has 0 aliphatic carbocycles. The summed E-state index contributed by atoms with van der Waals surface area (Å²) in [7, 11) is 0. The summed E-state index contributed by atoms with van der Waals surface area (Å²) in [6, 6.07) is 1.97. The first-order valence-corrected chi connectivity index (χ1v) is 5.24. The zero-order valence-corrected chi connectivity index (χ0v) is 9.57.